The lowest BCUT2D eigenvalue weighted by Gasteiger charge is -2.02. The second kappa shape index (κ2) is 4.23. The van der Waals surface area contributed by atoms with Crippen molar-refractivity contribution in [1.82, 2.24) is 10.1 Å². The molecule has 0 aliphatic carbocycles. The van der Waals surface area contributed by atoms with Crippen LogP contribution in [0.5, 0.6) is 5.75 Å². The fourth-order valence-corrected chi connectivity index (χ4v) is 1.34. The van der Waals surface area contributed by atoms with Gasteiger partial charge in [0, 0.05) is 4.47 Å². The van der Waals surface area contributed by atoms with E-state index in [9.17, 15) is 0 Å². The molecule has 1 aromatic heterocycles. The molecule has 0 spiro atoms. The Morgan fingerprint density at radius 3 is 3.07 bits per heavy atom. The zero-order valence-electron chi connectivity index (χ0n) is 7.18. The number of rotatable bonds is 3. The van der Waals surface area contributed by atoms with Gasteiger partial charge in [0.15, 0.2) is 6.61 Å². The fourth-order valence-electron chi connectivity index (χ4n) is 0.961. The molecule has 2 rings (SSSR count). The summed E-state index contributed by atoms with van der Waals surface area (Å²) in [5.74, 6) is 1.30. The second-order valence-electron chi connectivity index (χ2n) is 2.59. The lowest BCUT2D eigenvalue weighted by Crippen LogP contribution is -1.96. The van der Waals surface area contributed by atoms with Crippen LogP contribution in [0.15, 0.2) is 39.7 Å². The minimum atomic E-state index is 0.312. The van der Waals surface area contributed by atoms with E-state index in [1.54, 1.807) is 0 Å². The first-order chi connectivity index (χ1) is 6.84. The van der Waals surface area contributed by atoms with Crippen LogP contribution in [0.4, 0.5) is 0 Å². The molecule has 14 heavy (non-hydrogen) atoms. The van der Waals surface area contributed by atoms with Gasteiger partial charge in [-0.05, 0) is 18.2 Å². The summed E-state index contributed by atoms with van der Waals surface area (Å²) in [6, 6.07) is 7.57. The van der Waals surface area contributed by atoms with Gasteiger partial charge in [-0.25, -0.2) is 0 Å². The minimum absolute atomic E-state index is 0.312. The quantitative estimate of drug-likeness (QED) is 0.844. The van der Waals surface area contributed by atoms with E-state index in [0.717, 1.165) is 10.2 Å². The van der Waals surface area contributed by atoms with Crippen LogP contribution >= 0.6 is 15.9 Å². The summed E-state index contributed by atoms with van der Waals surface area (Å²) in [4.78, 5) is 3.84. The van der Waals surface area contributed by atoms with Crippen molar-refractivity contribution in [2.24, 2.45) is 0 Å². The molecule has 0 radical (unpaired) electrons. The monoisotopic (exact) mass is 254 g/mol. The Morgan fingerprint density at radius 1 is 1.43 bits per heavy atom. The Morgan fingerprint density at radius 2 is 2.36 bits per heavy atom. The van der Waals surface area contributed by atoms with Gasteiger partial charge in [0.25, 0.3) is 0 Å². The molecule has 0 fully saturated rings. The lowest BCUT2D eigenvalue weighted by molar-refractivity contribution is 0.286. The summed E-state index contributed by atoms with van der Waals surface area (Å²) < 4.78 is 11.0. The highest BCUT2D eigenvalue weighted by molar-refractivity contribution is 9.10. The molecule has 0 bridgehead atoms. The number of aromatic nitrogens is 2. The molecule has 0 amide bonds. The first kappa shape index (κ1) is 9.21. The van der Waals surface area contributed by atoms with Crippen LogP contribution in [-0.2, 0) is 6.61 Å². The van der Waals surface area contributed by atoms with Gasteiger partial charge >= 0.3 is 0 Å². The molecule has 0 saturated carbocycles. The zero-order valence-corrected chi connectivity index (χ0v) is 8.77. The van der Waals surface area contributed by atoms with Crippen LogP contribution in [0, 0.1) is 0 Å². The lowest BCUT2D eigenvalue weighted by atomic mass is 10.3. The van der Waals surface area contributed by atoms with E-state index in [4.69, 9.17) is 4.74 Å². The fraction of sp³-hybridized carbons (Fsp3) is 0.111. The summed E-state index contributed by atoms with van der Waals surface area (Å²) in [7, 11) is 0. The predicted molar refractivity (Wildman–Crippen MR) is 52.8 cm³/mol. The first-order valence-electron chi connectivity index (χ1n) is 3.98. The molecule has 0 atom stereocenters. The van der Waals surface area contributed by atoms with E-state index in [2.05, 4.69) is 30.6 Å². The van der Waals surface area contributed by atoms with Crippen LogP contribution in [0.3, 0.4) is 0 Å². The average molecular weight is 255 g/mol. The Kier molecular flexibility index (Phi) is 2.78. The molecule has 0 N–H and O–H groups in total. The third-order valence-electron chi connectivity index (χ3n) is 1.57. The van der Waals surface area contributed by atoms with Crippen LogP contribution in [-0.4, -0.2) is 10.1 Å². The van der Waals surface area contributed by atoms with E-state index in [0.29, 0.717) is 12.4 Å². The molecule has 0 saturated heterocycles. The maximum atomic E-state index is 5.42. The van der Waals surface area contributed by atoms with Crippen LogP contribution < -0.4 is 4.74 Å². The van der Waals surface area contributed by atoms with Gasteiger partial charge in [0.05, 0.1) is 0 Å². The van der Waals surface area contributed by atoms with Crippen molar-refractivity contribution in [3.8, 4) is 5.75 Å². The normalized spacial score (nSPS) is 10.1. The molecule has 4 nitrogen and oxygen atoms in total. The Hall–Kier alpha value is -1.36. The zero-order chi connectivity index (χ0) is 9.80. The van der Waals surface area contributed by atoms with E-state index in [1.165, 1.54) is 6.39 Å². The molecular formula is C9H7BrN2O2. The Labute approximate surface area is 89.0 Å². The third-order valence-corrected chi connectivity index (χ3v) is 2.06. The number of ether oxygens (including phenoxy) is 1. The highest BCUT2D eigenvalue weighted by atomic mass is 79.9. The SMILES string of the molecule is Brc1cccc(OCc2ncon2)c1. The molecule has 0 aliphatic rings. The number of benzene rings is 1. The van der Waals surface area contributed by atoms with E-state index in [-0.39, 0.29) is 0 Å². The summed E-state index contributed by atoms with van der Waals surface area (Å²) in [6.45, 7) is 0.312. The van der Waals surface area contributed by atoms with Gasteiger partial charge in [-0.15, -0.1) is 0 Å². The van der Waals surface area contributed by atoms with Crippen molar-refractivity contribution in [3.05, 3.63) is 41.0 Å². The maximum absolute atomic E-state index is 5.42. The van der Waals surface area contributed by atoms with Crippen LogP contribution in [0.2, 0.25) is 0 Å². The first-order valence-corrected chi connectivity index (χ1v) is 4.77. The van der Waals surface area contributed by atoms with E-state index in [1.807, 2.05) is 24.3 Å². The van der Waals surface area contributed by atoms with Crippen molar-refractivity contribution in [2.45, 2.75) is 6.61 Å². The highest BCUT2D eigenvalue weighted by Gasteiger charge is 1.99. The van der Waals surface area contributed by atoms with Gasteiger partial charge in [-0.3, -0.25) is 0 Å². The summed E-state index contributed by atoms with van der Waals surface area (Å²) in [6.07, 6.45) is 1.28. The van der Waals surface area contributed by atoms with Crippen molar-refractivity contribution < 1.29 is 9.26 Å². The average Bonchev–Trinajstić information content (AvgIpc) is 2.67. The van der Waals surface area contributed by atoms with E-state index < -0.39 is 0 Å². The van der Waals surface area contributed by atoms with Crippen LogP contribution in [0.25, 0.3) is 0 Å². The standard InChI is InChI=1S/C9H7BrN2O2/c10-7-2-1-3-8(4-7)13-5-9-11-6-14-12-9/h1-4,6H,5H2. The van der Waals surface area contributed by atoms with Crippen molar-refractivity contribution in [1.29, 1.82) is 0 Å². The van der Waals surface area contributed by atoms with Crippen molar-refractivity contribution in [3.63, 3.8) is 0 Å². The second-order valence-corrected chi connectivity index (χ2v) is 3.51. The smallest absolute Gasteiger partial charge is 0.213 e. The molecule has 0 aliphatic heterocycles. The number of hydrogen-bond donors (Lipinski definition) is 0. The van der Waals surface area contributed by atoms with Gasteiger partial charge < -0.3 is 9.26 Å². The maximum Gasteiger partial charge on any atom is 0.213 e. The third kappa shape index (κ3) is 2.32. The highest BCUT2D eigenvalue weighted by Crippen LogP contribution is 2.18. The molecule has 1 heterocycles. The molecule has 72 valence electrons. The van der Waals surface area contributed by atoms with Crippen LogP contribution in [0.1, 0.15) is 5.82 Å². The predicted octanol–water partition coefficient (Wildman–Crippen LogP) is 2.41. The summed E-state index contributed by atoms with van der Waals surface area (Å²) in [5, 5.41) is 3.63. The number of hydrogen-bond acceptors (Lipinski definition) is 4. The topological polar surface area (TPSA) is 48.2 Å². The van der Waals surface area contributed by atoms with Crippen molar-refractivity contribution in [2.75, 3.05) is 0 Å². The molecule has 1 aromatic carbocycles. The summed E-state index contributed by atoms with van der Waals surface area (Å²) in [5.41, 5.74) is 0. The van der Waals surface area contributed by atoms with Crippen molar-refractivity contribution >= 4 is 15.9 Å². The molecule has 5 heteroatoms. The van der Waals surface area contributed by atoms with E-state index >= 15 is 0 Å². The molecular weight excluding hydrogens is 248 g/mol. The van der Waals surface area contributed by atoms with Gasteiger partial charge in [0.2, 0.25) is 12.2 Å². The Balaban J connectivity index is 1.98. The molecule has 2 aromatic rings. The summed E-state index contributed by atoms with van der Waals surface area (Å²) >= 11 is 3.35. The number of halogens is 1. The minimum Gasteiger partial charge on any atom is -0.485 e. The number of nitrogens with zero attached hydrogens (tertiary/aromatic N) is 2. The van der Waals surface area contributed by atoms with Gasteiger partial charge in [-0.1, -0.05) is 27.2 Å². The van der Waals surface area contributed by atoms with Gasteiger partial charge in [0.1, 0.15) is 5.75 Å². The molecule has 0 unspecified atom stereocenters. The van der Waals surface area contributed by atoms with Gasteiger partial charge in [-0.2, -0.15) is 4.98 Å². The largest absolute Gasteiger partial charge is 0.485 e. The Bertz CT molecular complexity index is 403.